The number of halogens is 1. The lowest BCUT2D eigenvalue weighted by Gasteiger charge is -2.38. The average Bonchev–Trinajstić information content (AvgIpc) is 2.30. The van der Waals surface area contributed by atoms with Gasteiger partial charge >= 0.3 is 0 Å². The molecule has 3 heteroatoms. The lowest BCUT2D eigenvalue weighted by molar-refractivity contribution is 0.266. The van der Waals surface area contributed by atoms with E-state index in [9.17, 15) is 0 Å². The third-order valence-corrected chi connectivity index (χ3v) is 3.56. The van der Waals surface area contributed by atoms with E-state index in [1.807, 2.05) is 18.2 Å². The summed E-state index contributed by atoms with van der Waals surface area (Å²) in [5.41, 5.74) is 6.96. The van der Waals surface area contributed by atoms with Gasteiger partial charge in [0.05, 0.1) is 5.54 Å². The predicted molar refractivity (Wildman–Crippen MR) is 64.0 cm³/mol. The van der Waals surface area contributed by atoms with Crippen molar-refractivity contribution >= 4 is 11.6 Å². The summed E-state index contributed by atoms with van der Waals surface area (Å²) in [4.78, 5) is 0. The second-order valence-corrected chi connectivity index (χ2v) is 4.56. The van der Waals surface area contributed by atoms with Gasteiger partial charge in [0.25, 0.3) is 0 Å². The summed E-state index contributed by atoms with van der Waals surface area (Å²) in [6, 6.07) is 7.99. The monoisotopic (exact) mass is 224 g/mol. The Kier molecular flexibility index (Phi) is 3.29. The molecule has 0 spiro atoms. The van der Waals surface area contributed by atoms with Gasteiger partial charge in [-0.05, 0) is 37.4 Å². The molecule has 0 aromatic heterocycles. The van der Waals surface area contributed by atoms with Crippen LogP contribution in [0.2, 0.25) is 5.02 Å². The third-order valence-electron chi connectivity index (χ3n) is 3.23. The topological polar surface area (TPSA) is 38.0 Å². The Balaban J connectivity index is 2.36. The van der Waals surface area contributed by atoms with Gasteiger partial charge in [0.2, 0.25) is 0 Å². The van der Waals surface area contributed by atoms with Gasteiger partial charge in [-0.15, -0.1) is 0 Å². The van der Waals surface area contributed by atoms with Crippen LogP contribution in [0.1, 0.15) is 24.8 Å². The molecule has 1 saturated heterocycles. The predicted octanol–water partition coefficient (Wildman–Crippen LogP) is 2.27. The first-order valence-electron chi connectivity index (χ1n) is 5.49. The van der Waals surface area contributed by atoms with Gasteiger partial charge in [0, 0.05) is 11.6 Å². The largest absolute Gasteiger partial charge is 0.328 e. The van der Waals surface area contributed by atoms with E-state index < -0.39 is 0 Å². The molecular formula is C12H17ClN2. The summed E-state index contributed by atoms with van der Waals surface area (Å²) in [7, 11) is 0. The second-order valence-electron chi connectivity index (χ2n) is 4.15. The van der Waals surface area contributed by atoms with E-state index in [2.05, 4.69) is 11.4 Å². The standard InChI is InChI=1S/C12H17ClN2/c13-11-6-2-1-5-10(11)12(9-14)7-3-4-8-15-12/h1-2,5-6,15H,3-4,7-9,14H2. The zero-order valence-corrected chi connectivity index (χ0v) is 9.56. The van der Waals surface area contributed by atoms with E-state index in [1.54, 1.807) is 0 Å². The molecule has 0 bridgehead atoms. The van der Waals surface area contributed by atoms with Gasteiger partial charge in [0.1, 0.15) is 0 Å². The van der Waals surface area contributed by atoms with Crippen molar-refractivity contribution in [1.82, 2.24) is 5.32 Å². The maximum absolute atomic E-state index is 6.23. The van der Waals surface area contributed by atoms with E-state index in [-0.39, 0.29) is 5.54 Å². The van der Waals surface area contributed by atoms with Gasteiger partial charge in [-0.25, -0.2) is 0 Å². The molecule has 1 aromatic carbocycles. The molecule has 0 saturated carbocycles. The molecular weight excluding hydrogens is 208 g/mol. The molecule has 1 unspecified atom stereocenters. The fourth-order valence-corrected chi connectivity index (χ4v) is 2.65. The van der Waals surface area contributed by atoms with Crippen molar-refractivity contribution in [3.8, 4) is 0 Å². The lowest BCUT2D eigenvalue weighted by atomic mass is 9.82. The first-order chi connectivity index (χ1) is 7.28. The van der Waals surface area contributed by atoms with E-state index in [0.29, 0.717) is 6.54 Å². The smallest absolute Gasteiger partial charge is 0.0573 e. The highest BCUT2D eigenvalue weighted by Gasteiger charge is 2.33. The van der Waals surface area contributed by atoms with Crippen molar-refractivity contribution in [2.45, 2.75) is 24.8 Å². The summed E-state index contributed by atoms with van der Waals surface area (Å²) in [5.74, 6) is 0. The van der Waals surface area contributed by atoms with E-state index in [4.69, 9.17) is 17.3 Å². The zero-order chi connectivity index (χ0) is 10.7. The van der Waals surface area contributed by atoms with Gasteiger partial charge in [0.15, 0.2) is 0 Å². The number of rotatable bonds is 2. The first-order valence-corrected chi connectivity index (χ1v) is 5.86. The van der Waals surface area contributed by atoms with Crippen LogP contribution in [0.25, 0.3) is 0 Å². The Labute approximate surface area is 95.8 Å². The van der Waals surface area contributed by atoms with Crippen LogP contribution in [0, 0.1) is 0 Å². The van der Waals surface area contributed by atoms with Crippen molar-refractivity contribution in [3.05, 3.63) is 34.9 Å². The molecule has 0 radical (unpaired) electrons. The lowest BCUT2D eigenvalue weighted by Crippen LogP contribution is -2.51. The fraction of sp³-hybridized carbons (Fsp3) is 0.500. The number of benzene rings is 1. The van der Waals surface area contributed by atoms with Crippen LogP contribution < -0.4 is 11.1 Å². The molecule has 3 N–H and O–H groups in total. The molecule has 15 heavy (non-hydrogen) atoms. The number of hydrogen-bond acceptors (Lipinski definition) is 2. The van der Waals surface area contributed by atoms with Crippen molar-refractivity contribution in [1.29, 1.82) is 0 Å². The molecule has 1 heterocycles. The summed E-state index contributed by atoms with van der Waals surface area (Å²) < 4.78 is 0. The SMILES string of the molecule is NCC1(c2ccccc2Cl)CCCCN1. The number of piperidine rings is 1. The fourth-order valence-electron chi connectivity index (χ4n) is 2.33. The van der Waals surface area contributed by atoms with E-state index in [1.165, 1.54) is 12.8 Å². The van der Waals surface area contributed by atoms with Gasteiger partial charge < -0.3 is 11.1 Å². The van der Waals surface area contributed by atoms with Gasteiger partial charge in [-0.3, -0.25) is 0 Å². The van der Waals surface area contributed by atoms with Crippen molar-refractivity contribution in [3.63, 3.8) is 0 Å². The minimum atomic E-state index is -0.101. The molecule has 0 aliphatic carbocycles. The van der Waals surface area contributed by atoms with Crippen LogP contribution in [-0.4, -0.2) is 13.1 Å². The Morgan fingerprint density at radius 2 is 2.13 bits per heavy atom. The highest BCUT2D eigenvalue weighted by Crippen LogP contribution is 2.33. The maximum Gasteiger partial charge on any atom is 0.0573 e. The first kappa shape index (κ1) is 10.9. The Morgan fingerprint density at radius 3 is 2.73 bits per heavy atom. The number of nitrogens with two attached hydrogens (primary N) is 1. The van der Waals surface area contributed by atoms with Crippen LogP contribution in [0.3, 0.4) is 0 Å². The van der Waals surface area contributed by atoms with Crippen LogP contribution in [0.15, 0.2) is 24.3 Å². The van der Waals surface area contributed by atoms with Gasteiger partial charge in [-0.2, -0.15) is 0 Å². The summed E-state index contributed by atoms with van der Waals surface area (Å²) in [6.45, 7) is 1.64. The van der Waals surface area contributed by atoms with Crippen LogP contribution in [-0.2, 0) is 5.54 Å². The molecule has 2 nitrogen and oxygen atoms in total. The normalized spacial score (nSPS) is 26.5. The molecule has 0 amide bonds. The summed E-state index contributed by atoms with van der Waals surface area (Å²) in [5, 5.41) is 4.35. The minimum Gasteiger partial charge on any atom is -0.328 e. The Hall–Kier alpha value is -0.570. The van der Waals surface area contributed by atoms with Crippen LogP contribution >= 0.6 is 11.6 Å². The number of hydrogen-bond donors (Lipinski definition) is 2. The highest BCUT2D eigenvalue weighted by atomic mass is 35.5. The minimum absolute atomic E-state index is 0.101. The zero-order valence-electron chi connectivity index (χ0n) is 8.80. The highest BCUT2D eigenvalue weighted by molar-refractivity contribution is 6.31. The second kappa shape index (κ2) is 4.52. The van der Waals surface area contributed by atoms with E-state index >= 15 is 0 Å². The van der Waals surface area contributed by atoms with Crippen LogP contribution in [0.4, 0.5) is 0 Å². The Bertz CT molecular complexity index is 332. The third kappa shape index (κ3) is 2.03. The molecule has 1 atom stereocenters. The molecule has 82 valence electrons. The van der Waals surface area contributed by atoms with Crippen molar-refractivity contribution in [2.75, 3.05) is 13.1 Å². The quantitative estimate of drug-likeness (QED) is 0.809. The summed E-state index contributed by atoms with van der Waals surface area (Å²) in [6.07, 6.45) is 3.52. The molecule has 2 rings (SSSR count). The van der Waals surface area contributed by atoms with Crippen LogP contribution in [0.5, 0.6) is 0 Å². The van der Waals surface area contributed by atoms with Crippen molar-refractivity contribution < 1.29 is 0 Å². The van der Waals surface area contributed by atoms with Gasteiger partial charge in [-0.1, -0.05) is 29.8 Å². The molecule has 1 aliphatic heterocycles. The van der Waals surface area contributed by atoms with Crippen molar-refractivity contribution in [2.24, 2.45) is 5.73 Å². The molecule has 1 fully saturated rings. The maximum atomic E-state index is 6.23. The van der Waals surface area contributed by atoms with E-state index in [0.717, 1.165) is 23.6 Å². The molecule has 1 aliphatic rings. The average molecular weight is 225 g/mol. The molecule has 1 aromatic rings. The number of nitrogens with one attached hydrogen (secondary N) is 1. The summed E-state index contributed by atoms with van der Waals surface area (Å²) >= 11 is 6.23. The Morgan fingerprint density at radius 1 is 1.33 bits per heavy atom.